The van der Waals surface area contributed by atoms with Crippen LogP contribution in [0.2, 0.25) is 0 Å². The van der Waals surface area contributed by atoms with Crippen LogP contribution in [0.4, 0.5) is 11.4 Å². The van der Waals surface area contributed by atoms with Gasteiger partial charge in [0.1, 0.15) is 5.69 Å². The predicted molar refractivity (Wildman–Crippen MR) is 101 cm³/mol. The summed E-state index contributed by atoms with van der Waals surface area (Å²) in [6, 6.07) is 4.72. The summed E-state index contributed by atoms with van der Waals surface area (Å²) in [6.45, 7) is 5.03. The van der Waals surface area contributed by atoms with E-state index in [0.29, 0.717) is 18.7 Å². The third kappa shape index (κ3) is 4.63. The average Bonchev–Trinajstić information content (AvgIpc) is 3.18. The molecule has 1 aromatic carbocycles. The fourth-order valence-electron chi connectivity index (χ4n) is 3.88. The molecule has 146 valence electrons. The first-order chi connectivity index (χ1) is 13.0. The Morgan fingerprint density at radius 3 is 2.48 bits per heavy atom. The van der Waals surface area contributed by atoms with Gasteiger partial charge >= 0.3 is 0 Å². The molecule has 0 atom stereocenters. The number of amides is 2. The van der Waals surface area contributed by atoms with Crippen LogP contribution in [0, 0.1) is 23.0 Å². The number of carbonyl (C=O) groups excluding carboxylic acids is 2. The van der Waals surface area contributed by atoms with Gasteiger partial charge in [0, 0.05) is 25.1 Å². The number of para-hydroxylation sites is 1. The second kappa shape index (κ2) is 8.47. The Morgan fingerprint density at radius 2 is 1.85 bits per heavy atom. The van der Waals surface area contributed by atoms with E-state index in [1.54, 1.807) is 19.1 Å². The topological polar surface area (TPSA) is 95.8 Å². The number of rotatable bonds is 5. The minimum Gasteiger partial charge on any atom is -0.342 e. The van der Waals surface area contributed by atoms with Gasteiger partial charge in [-0.15, -0.1) is 0 Å². The second-order valence-electron chi connectivity index (χ2n) is 7.36. The Balaban J connectivity index is 1.51. The molecule has 0 unspecified atom stereocenters. The van der Waals surface area contributed by atoms with Crippen molar-refractivity contribution < 1.29 is 14.5 Å². The van der Waals surface area contributed by atoms with Gasteiger partial charge in [-0.2, -0.15) is 0 Å². The van der Waals surface area contributed by atoms with Crippen molar-refractivity contribution in [3.05, 3.63) is 33.9 Å². The predicted octanol–water partition coefficient (Wildman–Crippen LogP) is 2.18. The molecule has 2 aliphatic heterocycles. The van der Waals surface area contributed by atoms with E-state index in [1.165, 1.54) is 6.07 Å². The van der Waals surface area contributed by atoms with Crippen molar-refractivity contribution >= 4 is 23.2 Å². The van der Waals surface area contributed by atoms with E-state index in [0.717, 1.165) is 38.8 Å². The van der Waals surface area contributed by atoms with Crippen LogP contribution in [0.1, 0.15) is 31.2 Å². The molecule has 0 bridgehead atoms. The second-order valence-corrected chi connectivity index (χ2v) is 7.36. The molecule has 8 heteroatoms. The van der Waals surface area contributed by atoms with E-state index < -0.39 is 4.92 Å². The monoisotopic (exact) mass is 374 g/mol. The van der Waals surface area contributed by atoms with Crippen molar-refractivity contribution in [3.63, 3.8) is 0 Å². The van der Waals surface area contributed by atoms with E-state index in [1.807, 2.05) is 9.80 Å². The van der Waals surface area contributed by atoms with Crippen molar-refractivity contribution in [2.45, 2.75) is 32.6 Å². The summed E-state index contributed by atoms with van der Waals surface area (Å²) >= 11 is 0. The molecule has 0 saturated carbocycles. The average molecular weight is 374 g/mol. The first-order valence-corrected chi connectivity index (χ1v) is 9.50. The van der Waals surface area contributed by atoms with Gasteiger partial charge in [0.25, 0.3) is 5.69 Å². The molecule has 2 fully saturated rings. The van der Waals surface area contributed by atoms with Crippen LogP contribution in [-0.2, 0) is 9.59 Å². The lowest BCUT2D eigenvalue weighted by Gasteiger charge is -2.32. The van der Waals surface area contributed by atoms with Crippen LogP contribution >= 0.6 is 0 Å². The minimum absolute atomic E-state index is 0.0554. The smallest absolute Gasteiger partial charge is 0.293 e. The third-order valence-electron chi connectivity index (χ3n) is 5.43. The van der Waals surface area contributed by atoms with Crippen molar-refractivity contribution in [1.29, 1.82) is 0 Å². The number of aryl methyl sites for hydroxylation is 1. The van der Waals surface area contributed by atoms with Gasteiger partial charge < -0.3 is 10.2 Å². The zero-order valence-corrected chi connectivity index (χ0v) is 15.6. The SMILES string of the molecule is Cc1cccc([N+](=O)[O-])c1NC(=O)CN1CCC(C(=O)N2CCCC2)CC1. The molecule has 2 aliphatic rings. The van der Waals surface area contributed by atoms with Crippen LogP contribution in [0.3, 0.4) is 0 Å². The molecule has 8 nitrogen and oxygen atoms in total. The number of anilines is 1. The van der Waals surface area contributed by atoms with Gasteiger partial charge in [0.05, 0.1) is 11.5 Å². The summed E-state index contributed by atoms with van der Waals surface area (Å²) in [5.41, 5.74) is 0.817. The number of nitro benzene ring substituents is 1. The number of piperidine rings is 1. The van der Waals surface area contributed by atoms with Gasteiger partial charge in [-0.3, -0.25) is 24.6 Å². The maximum Gasteiger partial charge on any atom is 0.293 e. The zero-order chi connectivity index (χ0) is 19.4. The fraction of sp³-hybridized carbons (Fsp3) is 0.579. The number of carbonyl (C=O) groups is 2. The molecule has 27 heavy (non-hydrogen) atoms. The molecule has 1 aromatic rings. The summed E-state index contributed by atoms with van der Waals surface area (Å²) < 4.78 is 0. The highest BCUT2D eigenvalue weighted by Crippen LogP contribution is 2.28. The molecule has 3 rings (SSSR count). The molecule has 2 heterocycles. The van der Waals surface area contributed by atoms with Crippen molar-refractivity contribution in [2.24, 2.45) is 5.92 Å². The Hall–Kier alpha value is -2.48. The zero-order valence-electron chi connectivity index (χ0n) is 15.6. The molecule has 0 radical (unpaired) electrons. The third-order valence-corrected chi connectivity index (χ3v) is 5.43. The van der Waals surface area contributed by atoms with E-state index in [4.69, 9.17) is 0 Å². The van der Waals surface area contributed by atoms with E-state index >= 15 is 0 Å². The Bertz CT molecular complexity index is 722. The maximum absolute atomic E-state index is 12.5. The van der Waals surface area contributed by atoms with E-state index in [9.17, 15) is 19.7 Å². The number of hydrogen-bond acceptors (Lipinski definition) is 5. The van der Waals surface area contributed by atoms with Gasteiger partial charge in [-0.25, -0.2) is 0 Å². The highest BCUT2D eigenvalue weighted by atomic mass is 16.6. The highest BCUT2D eigenvalue weighted by molar-refractivity contribution is 5.95. The van der Waals surface area contributed by atoms with Crippen molar-refractivity contribution in [3.8, 4) is 0 Å². The highest BCUT2D eigenvalue weighted by Gasteiger charge is 2.30. The quantitative estimate of drug-likeness (QED) is 0.629. The Kier molecular flexibility index (Phi) is 6.05. The molecular formula is C19H26N4O4. The lowest BCUT2D eigenvalue weighted by molar-refractivity contribution is -0.384. The van der Waals surface area contributed by atoms with Crippen LogP contribution in [0.15, 0.2) is 18.2 Å². The van der Waals surface area contributed by atoms with Crippen LogP contribution in [0.5, 0.6) is 0 Å². The van der Waals surface area contributed by atoms with Gasteiger partial charge in [0.15, 0.2) is 0 Å². The van der Waals surface area contributed by atoms with Gasteiger partial charge in [0.2, 0.25) is 11.8 Å². The van der Waals surface area contributed by atoms with Crippen molar-refractivity contribution in [2.75, 3.05) is 38.0 Å². The number of nitro groups is 1. The molecular weight excluding hydrogens is 348 g/mol. The first kappa shape index (κ1) is 19.3. The number of nitrogens with one attached hydrogen (secondary N) is 1. The van der Waals surface area contributed by atoms with Crippen molar-refractivity contribution in [1.82, 2.24) is 9.80 Å². The number of hydrogen-bond donors (Lipinski definition) is 1. The summed E-state index contributed by atoms with van der Waals surface area (Å²) in [5.74, 6) is 0.0451. The molecule has 2 saturated heterocycles. The van der Waals surface area contributed by atoms with Crippen LogP contribution in [0.25, 0.3) is 0 Å². The molecule has 0 aromatic heterocycles. The number of likely N-dealkylation sites (tertiary alicyclic amines) is 2. The fourth-order valence-corrected chi connectivity index (χ4v) is 3.88. The summed E-state index contributed by atoms with van der Waals surface area (Å²) in [6.07, 6.45) is 3.70. The molecule has 2 amide bonds. The Morgan fingerprint density at radius 1 is 1.19 bits per heavy atom. The molecule has 1 N–H and O–H groups in total. The summed E-state index contributed by atoms with van der Waals surface area (Å²) in [7, 11) is 0. The van der Waals surface area contributed by atoms with E-state index in [2.05, 4.69) is 5.32 Å². The largest absolute Gasteiger partial charge is 0.342 e. The first-order valence-electron chi connectivity index (χ1n) is 9.50. The standard InChI is InChI=1S/C19H26N4O4/c1-14-5-4-6-16(23(26)27)18(14)20-17(24)13-21-11-7-15(8-12-21)19(25)22-9-2-3-10-22/h4-6,15H,2-3,7-13H2,1H3,(H,20,24). The van der Waals surface area contributed by atoms with E-state index in [-0.39, 0.29) is 35.7 Å². The Labute approximate surface area is 158 Å². The normalized spacial score (nSPS) is 18.5. The van der Waals surface area contributed by atoms with Crippen LogP contribution in [-0.4, -0.2) is 59.3 Å². The summed E-state index contributed by atoms with van der Waals surface area (Å²) in [4.78, 5) is 39.5. The molecule has 0 aliphatic carbocycles. The minimum atomic E-state index is -0.488. The summed E-state index contributed by atoms with van der Waals surface area (Å²) in [5, 5.41) is 13.9. The number of benzene rings is 1. The maximum atomic E-state index is 12.5. The van der Waals surface area contributed by atoms with Gasteiger partial charge in [-0.05, 0) is 51.3 Å². The molecule has 0 spiro atoms. The van der Waals surface area contributed by atoms with Crippen LogP contribution < -0.4 is 5.32 Å². The van der Waals surface area contributed by atoms with Gasteiger partial charge in [-0.1, -0.05) is 12.1 Å². The number of nitrogens with zero attached hydrogens (tertiary/aromatic N) is 3. The lowest BCUT2D eigenvalue weighted by atomic mass is 9.95. The lowest BCUT2D eigenvalue weighted by Crippen LogP contribution is -2.44.